The van der Waals surface area contributed by atoms with Crippen LogP contribution in [-0.4, -0.2) is 68.7 Å². The molecular weight excluding hydrogens is 306 g/mol. The van der Waals surface area contributed by atoms with Gasteiger partial charge in [-0.1, -0.05) is 12.2 Å². The first-order valence-corrected chi connectivity index (χ1v) is 8.51. The van der Waals surface area contributed by atoms with Crippen LogP contribution in [-0.2, 0) is 0 Å². The highest BCUT2D eigenvalue weighted by Gasteiger charge is 2.04. The molecule has 0 atom stereocenters. The number of nitrogens with one attached hydrogen (secondary N) is 3. The maximum absolute atomic E-state index is 10.7. The maximum atomic E-state index is 10.7. The van der Waals surface area contributed by atoms with Gasteiger partial charge in [-0.25, -0.2) is 0 Å². The molecule has 0 unspecified atom stereocenters. The minimum atomic E-state index is -0.375. The molecule has 3 N–H and O–H groups in total. The van der Waals surface area contributed by atoms with E-state index in [4.69, 9.17) is 0 Å². The second-order valence-electron chi connectivity index (χ2n) is 5.80. The molecule has 132 valence electrons. The summed E-state index contributed by atoms with van der Waals surface area (Å²) in [7, 11) is 0. The molecule has 1 heterocycles. The van der Waals surface area contributed by atoms with Crippen LogP contribution in [0.2, 0.25) is 0 Å². The van der Waals surface area contributed by atoms with Crippen LogP contribution >= 0.6 is 0 Å². The van der Waals surface area contributed by atoms with Gasteiger partial charge in [0.15, 0.2) is 0 Å². The molecule has 0 aliphatic carbocycles. The van der Waals surface area contributed by atoms with Crippen molar-refractivity contribution in [3.05, 3.63) is 46.0 Å². The molecule has 1 saturated heterocycles. The van der Waals surface area contributed by atoms with Crippen LogP contribution < -0.4 is 16.0 Å². The number of non-ortho nitro benzene ring substituents is 1. The standard InChI is InChI=1S/C17H27N5O2/c23-22(24)17-5-3-16(4-6-17)2-1-13-21-14-11-19-9-7-18-8-10-20-12-15-21/h1-6,18-20H,7-15H2/b2-1+. The number of benzene rings is 1. The van der Waals surface area contributed by atoms with Crippen molar-refractivity contribution in [2.45, 2.75) is 0 Å². The van der Waals surface area contributed by atoms with Gasteiger partial charge in [0.2, 0.25) is 0 Å². The van der Waals surface area contributed by atoms with E-state index in [0.717, 1.165) is 64.5 Å². The van der Waals surface area contributed by atoms with Crippen molar-refractivity contribution in [1.82, 2.24) is 20.9 Å². The molecule has 1 fully saturated rings. The Morgan fingerprint density at radius 2 is 1.50 bits per heavy atom. The van der Waals surface area contributed by atoms with Crippen molar-refractivity contribution in [3.63, 3.8) is 0 Å². The zero-order chi connectivity index (χ0) is 17.0. The molecule has 1 aliphatic heterocycles. The number of nitro benzene ring substituents is 1. The second kappa shape index (κ2) is 10.9. The predicted molar refractivity (Wildman–Crippen MR) is 97.2 cm³/mol. The summed E-state index contributed by atoms with van der Waals surface area (Å²) in [6, 6.07) is 6.64. The normalized spacial score (nSPS) is 18.8. The van der Waals surface area contributed by atoms with E-state index in [1.165, 1.54) is 12.1 Å². The van der Waals surface area contributed by atoms with Gasteiger partial charge in [0.05, 0.1) is 4.92 Å². The minimum absolute atomic E-state index is 0.127. The van der Waals surface area contributed by atoms with E-state index < -0.39 is 0 Å². The summed E-state index contributed by atoms with van der Waals surface area (Å²) < 4.78 is 0. The molecule has 24 heavy (non-hydrogen) atoms. The first-order chi connectivity index (χ1) is 11.8. The van der Waals surface area contributed by atoms with E-state index in [-0.39, 0.29) is 10.6 Å². The number of nitrogens with zero attached hydrogens (tertiary/aromatic N) is 2. The molecule has 0 saturated carbocycles. The Kier molecular flexibility index (Phi) is 8.40. The molecule has 7 heteroatoms. The molecular formula is C17H27N5O2. The number of nitro groups is 1. The average molecular weight is 333 g/mol. The van der Waals surface area contributed by atoms with Gasteiger partial charge in [-0.2, -0.15) is 0 Å². The third-order valence-corrected chi connectivity index (χ3v) is 3.94. The van der Waals surface area contributed by atoms with Crippen LogP contribution in [0.1, 0.15) is 5.56 Å². The summed E-state index contributed by atoms with van der Waals surface area (Å²) >= 11 is 0. The molecule has 1 aromatic carbocycles. The van der Waals surface area contributed by atoms with Crippen molar-refractivity contribution in [3.8, 4) is 0 Å². The molecule has 7 nitrogen and oxygen atoms in total. The summed E-state index contributed by atoms with van der Waals surface area (Å²) in [5.74, 6) is 0. The molecule has 2 rings (SSSR count). The third kappa shape index (κ3) is 7.18. The molecule has 0 amide bonds. The van der Waals surface area contributed by atoms with E-state index in [1.807, 2.05) is 6.08 Å². The van der Waals surface area contributed by atoms with Crippen LogP contribution in [0.4, 0.5) is 5.69 Å². The average Bonchev–Trinajstić information content (AvgIpc) is 2.57. The summed E-state index contributed by atoms with van der Waals surface area (Å²) in [5.41, 5.74) is 1.11. The van der Waals surface area contributed by atoms with Gasteiger partial charge in [0.25, 0.3) is 5.69 Å². The molecule has 0 spiro atoms. The Balaban J connectivity index is 1.81. The fourth-order valence-electron chi connectivity index (χ4n) is 2.54. The van der Waals surface area contributed by atoms with Gasteiger partial charge in [-0.05, 0) is 17.7 Å². The third-order valence-electron chi connectivity index (χ3n) is 3.94. The van der Waals surface area contributed by atoms with Crippen molar-refractivity contribution >= 4 is 11.8 Å². The Morgan fingerprint density at radius 1 is 0.958 bits per heavy atom. The van der Waals surface area contributed by atoms with Gasteiger partial charge in [-0.3, -0.25) is 15.0 Å². The van der Waals surface area contributed by atoms with Gasteiger partial charge < -0.3 is 16.0 Å². The number of hydrogen-bond donors (Lipinski definition) is 3. The molecule has 0 bridgehead atoms. The zero-order valence-electron chi connectivity index (χ0n) is 14.0. The summed E-state index contributed by atoms with van der Waals surface area (Å²) in [4.78, 5) is 12.7. The van der Waals surface area contributed by atoms with Crippen LogP contribution in [0.15, 0.2) is 30.3 Å². The first-order valence-electron chi connectivity index (χ1n) is 8.51. The maximum Gasteiger partial charge on any atom is 0.269 e. The van der Waals surface area contributed by atoms with Crippen molar-refractivity contribution < 1.29 is 4.92 Å². The van der Waals surface area contributed by atoms with E-state index in [0.29, 0.717) is 0 Å². The fraction of sp³-hybridized carbons (Fsp3) is 0.529. The lowest BCUT2D eigenvalue weighted by molar-refractivity contribution is -0.384. The van der Waals surface area contributed by atoms with Crippen molar-refractivity contribution in [1.29, 1.82) is 0 Å². The van der Waals surface area contributed by atoms with Crippen LogP contribution in [0.5, 0.6) is 0 Å². The van der Waals surface area contributed by atoms with Crippen LogP contribution in [0.3, 0.4) is 0 Å². The van der Waals surface area contributed by atoms with Crippen LogP contribution in [0.25, 0.3) is 6.08 Å². The first kappa shape index (κ1) is 18.5. The quantitative estimate of drug-likeness (QED) is 0.556. The monoisotopic (exact) mass is 333 g/mol. The largest absolute Gasteiger partial charge is 0.314 e. The number of hydrogen-bond acceptors (Lipinski definition) is 6. The predicted octanol–water partition coefficient (Wildman–Crippen LogP) is 0.692. The van der Waals surface area contributed by atoms with E-state index in [2.05, 4.69) is 26.9 Å². The Morgan fingerprint density at radius 3 is 2.04 bits per heavy atom. The molecule has 1 aromatic rings. The topological polar surface area (TPSA) is 82.5 Å². The Bertz CT molecular complexity index is 506. The van der Waals surface area contributed by atoms with Gasteiger partial charge in [0, 0.05) is 71.0 Å². The Hall–Kier alpha value is -1.80. The molecule has 0 aromatic heterocycles. The molecule has 0 radical (unpaired) electrons. The van der Waals surface area contributed by atoms with Gasteiger partial charge in [0.1, 0.15) is 0 Å². The highest BCUT2D eigenvalue weighted by atomic mass is 16.6. The lowest BCUT2D eigenvalue weighted by Crippen LogP contribution is -2.41. The second-order valence-corrected chi connectivity index (χ2v) is 5.80. The lowest BCUT2D eigenvalue weighted by atomic mass is 10.2. The summed E-state index contributed by atoms with van der Waals surface area (Å²) in [5, 5.41) is 20.9. The van der Waals surface area contributed by atoms with Gasteiger partial charge in [-0.15, -0.1) is 0 Å². The highest BCUT2D eigenvalue weighted by Crippen LogP contribution is 2.12. The Labute approximate surface area is 143 Å². The highest BCUT2D eigenvalue weighted by molar-refractivity contribution is 5.51. The van der Waals surface area contributed by atoms with Crippen LogP contribution in [0, 0.1) is 10.1 Å². The van der Waals surface area contributed by atoms with E-state index in [9.17, 15) is 10.1 Å². The summed E-state index contributed by atoms with van der Waals surface area (Å²) in [6.45, 7) is 8.83. The van der Waals surface area contributed by atoms with Crippen molar-refractivity contribution in [2.75, 3.05) is 58.9 Å². The minimum Gasteiger partial charge on any atom is -0.314 e. The smallest absolute Gasteiger partial charge is 0.269 e. The van der Waals surface area contributed by atoms with Crippen molar-refractivity contribution in [2.24, 2.45) is 0 Å². The van der Waals surface area contributed by atoms with E-state index in [1.54, 1.807) is 12.1 Å². The lowest BCUT2D eigenvalue weighted by Gasteiger charge is -2.22. The summed E-state index contributed by atoms with van der Waals surface area (Å²) in [6.07, 6.45) is 4.14. The molecule has 1 aliphatic rings. The SMILES string of the molecule is O=[N+]([O-])c1ccc(/C=C/CN2CCNCCNCCNCC2)cc1. The zero-order valence-corrected chi connectivity index (χ0v) is 14.0. The fourth-order valence-corrected chi connectivity index (χ4v) is 2.54. The number of rotatable bonds is 4. The van der Waals surface area contributed by atoms with Gasteiger partial charge >= 0.3 is 0 Å². The van der Waals surface area contributed by atoms with E-state index >= 15 is 0 Å².